The van der Waals surface area contributed by atoms with Gasteiger partial charge in [-0.15, -0.1) is 0 Å². The van der Waals surface area contributed by atoms with Gasteiger partial charge < -0.3 is 10.1 Å². The average molecular weight is 363 g/mol. The van der Waals surface area contributed by atoms with Crippen molar-refractivity contribution >= 4 is 34.2 Å². The minimum atomic E-state index is 0.0952. The van der Waals surface area contributed by atoms with Crippen molar-refractivity contribution in [1.82, 2.24) is 9.97 Å². The summed E-state index contributed by atoms with van der Waals surface area (Å²) in [6.45, 7) is 10.1. The molecule has 136 valence electrons. The Morgan fingerprint density at radius 3 is 2.56 bits per heavy atom. The molecule has 2 rings (SSSR count). The lowest BCUT2D eigenvalue weighted by atomic mass is 10.2. The Hall–Kier alpha value is -2.14. The maximum absolute atomic E-state index is 6.00. The van der Waals surface area contributed by atoms with Crippen molar-refractivity contribution < 1.29 is 4.74 Å². The lowest BCUT2D eigenvalue weighted by Gasteiger charge is -2.12. The van der Waals surface area contributed by atoms with Crippen LogP contribution in [0.15, 0.2) is 35.3 Å². The van der Waals surface area contributed by atoms with Crippen LogP contribution in [0.2, 0.25) is 5.28 Å². The molecule has 1 heterocycles. The lowest BCUT2D eigenvalue weighted by Crippen LogP contribution is -2.11. The number of halogens is 1. The summed E-state index contributed by atoms with van der Waals surface area (Å²) in [6.07, 6.45) is 5.10. The summed E-state index contributed by atoms with van der Waals surface area (Å²) in [7, 11) is 1.71. The van der Waals surface area contributed by atoms with E-state index in [9.17, 15) is 0 Å². The molecule has 0 aliphatic carbocycles. The largest absolute Gasteiger partial charge is 0.491 e. The molecule has 0 aliphatic rings. The van der Waals surface area contributed by atoms with Crippen molar-refractivity contribution in [2.45, 2.75) is 47.1 Å². The molecule has 0 radical (unpaired) electrons. The van der Waals surface area contributed by atoms with Crippen LogP contribution in [-0.4, -0.2) is 29.0 Å². The quantitative estimate of drug-likeness (QED) is 0.443. The molecule has 0 amide bonds. The normalized spacial score (nSPS) is 11.6. The fourth-order valence-electron chi connectivity index (χ4n) is 1.97. The van der Waals surface area contributed by atoms with E-state index < -0.39 is 0 Å². The van der Waals surface area contributed by atoms with Crippen molar-refractivity contribution in [3.63, 3.8) is 0 Å². The van der Waals surface area contributed by atoms with Crippen molar-refractivity contribution in [2.75, 3.05) is 12.4 Å². The highest BCUT2D eigenvalue weighted by Gasteiger charge is 2.10. The monoisotopic (exact) mass is 362 g/mol. The predicted molar refractivity (Wildman–Crippen MR) is 108 cm³/mol. The van der Waals surface area contributed by atoms with Crippen LogP contribution in [0.25, 0.3) is 10.9 Å². The van der Waals surface area contributed by atoms with Crippen LogP contribution in [0.1, 0.15) is 41.0 Å². The zero-order chi connectivity index (χ0) is 18.8. The number of aliphatic imine (C=N–C) groups is 1. The second-order valence-corrected chi connectivity index (χ2v) is 5.97. The first-order valence-corrected chi connectivity index (χ1v) is 8.83. The van der Waals surface area contributed by atoms with E-state index >= 15 is 0 Å². The van der Waals surface area contributed by atoms with Gasteiger partial charge in [0, 0.05) is 12.4 Å². The molecule has 1 N–H and O–H groups in total. The maximum atomic E-state index is 6.00. The Bertz CT molecular complexity index is 742. The molecule has 6 heteroatoms. The molecule has 0 saturated heterocycles. The Labute approximate surface area is 155 Å². The zero-order valence-electron chi connectivity index (χ0n) is 15.8. The Morgan fingerprint density at radius 2 is 2.00 bits per heavy atom. The van der Waals surface area contributed by atoms with E-state index in [4.69, 9.17) is 16.3 Å². The Balaban J connectivity index is 0.000000970. The van der Waals surface area contributed by atoms with Crippen LogP contribution in [0.3, 0.4) is 0 Å². The smallest absolute Gasteiger partial charge is 0.224 e. The molecule has 1 aromatic heterocycles. The summed E-state index contributed by atoms with van der Waals surface area (Å²) in [5, 5.41) is 4.18. The molecule has 0 unspecified atom stereocenters. The maximum Gasteiger partial charge on any atom is 0.224 e. The number of nitrogens with one attached hydrogen (secondary N) is 1. The van der Waals surface area contributed by atoms with Crippen molar-refractivity contribution in [2.24, 2.45) is 4.99 Å². The highest BCUT2D eigenvalue weighted by molar-refractivity contribution is 6.29. The summed E-state index contributed by atoms with van der Waals surface area (Å²) in [5.74, 6) is 2.05. The van der Waals surface area contributed by atoms with Crippen LogP contribution in [0.4, 0.5) is 5.82 Å². The first-order chi connectivity index (χ1) is 11.9. The van der Waals surface area contributed by atoms with Gasteiger partial charge in [0.25, 0.3) is 0 Å². The number of hydrogen-bond donors (Lipinski definition) is 1. The predicted octanol–water partition coefficient (Wildman–Crippen LogP) is 5.50. The third-order valence-corrected chi connectivity index (χ3v) is 2.99. The van der Waals surface area contributed by atoms with Gasteiger partial charge in [-0.3, -0.25) is 4.99 Å². The van der Waals surface area contributed by atoms with Gasteiger partial charge in [-0.1, -0.05) is 26.3 Å². The first-order valence-electron chi connectivity index (χ1n) is 8.45. The fraction of sp³-hybridized carbons (Fsp3) is 0.421. The molecule has 0 spiro atoms. The molecule has 2 aromatic rings. The SMILES string of the molecule is C/C=C\C(=NC)Nc1nc(Cl)nc2ccc(OC(C)C)cc12.CCC. The number of allylic oxidation sites excluding steroid dienone is 1. The van der Waals surface area contributed by atoms with E-state index in [2.05, 4.69) is 34.1 Å². The van der Waals surface area contributed by atoms with E-state index in [1.165, 1.54) is 6.42 Å². The number of aromatic nitrogens is 2. The second-order valence-electron chi connectivity index (χ2n) is 5.63. The lowest BCUT2D eigenvalue weighted by molar-refractivity contribution is 0.243. The van der Waals surface area contributed by atoms with Gasteiger partial charge in [-0.05, 0) is 56.6 Å². The van der Waals surface area contributed by atoms with Crippen LogP contribution < -0.4 is 10.1 Å². The number of anilines is 1. The van der Waals surface area contributed by atoms with E-state index in [1.807, 2.05) is 51.1 Å². The minimum Gasteiger partial charge on any atom is -0.491 e. The molecular formula is C19H27ClN4O. The second kappa shape index (κ2) is 10.7. The zero-order valence-corrected chi connectivity index (χ0v) is 16.6. The van der Waals surface area contributed by atoms with Gasteiger partial charge in [-0.2, -0.15) is 4.98 Å². The Kier molecular flexibility index (Phi) is 8.92. The summed E-state index contributed by atoms with van der Waals surface area (Å²) < 4.78 is 5.73. The molecule has 1 aromatic carbocycles. The van der Waals surface area contributed by atoms with Gasteiger partial charge in [0.05, 0.1) is 11.6 Å². The van der Waals surface area contributed by atoms with E-state index in [0.29, 0.717) is 11.7 Å². The van der Waals surface area contributed by atoms with Gasteiger partial charge in [-0.25, -0.2) is 4.98 Å². The highest BCUT2D eigenvalue weighted by Crippen LogP contribution is 2.27. The van der Waals surface area contributed by atoms with Crippen LogP contribution in [0.5, 0.6) is 5.75 Å². The third kappa shape index (κ3) is 6.70. The van der Waals surface area contributed by atoms with Gasteiger partial charge in [0.1, 0.15) is 17.4 Å². The third-order valence-electron chi connectivity index (χ3n) is 2.82. The number of rotatable bonds is 4. The van der Waals surface area contributed by atoms with Crippen molar-refractivity contribution in [3.8, 4) is 5.75 Å². The van der Waals surface area contributed by atoms with Crippen LogP contribution in [0, 0.1) is 0 Å². The van der Waals surface area contributed by atoms with E-state index in [0.717, 1.165) is 16.7 Å². The standard InChI is InChI=1S/C16H19ClN4O.C3H8/c1-5-6-14(18-4)20-15-12-9-11(22-10(2)3)7-8-13(12)19-16(17)21-15;1-3-2/h5-10H,1-4H3,(H,18,19,20,21);3H2,1-2H3/b6-5-;. The summed E-state index contributed by atoms with van der Waals surface area (Å²) in [5.41, 5.74) is 0.745. The molecule has 0 atom stereocenters. The number of hydrogen-bond acceptors (Lipinski definition) is 4. The van der Waals surface area contributed by atoms with Crippen LogP contribution in [-0.2, 0) is 0 Å². The van der Waals surface area contributed by atoms with E-state index in [1.54, 1.807) is 7.05 Å². The molecule has 25 heavy (non-hydrogen) atoms. The molecule has 0 bridgehead atoms. The van der Waals surface area contributed by atoms with Crippen molar-refractivity contribution in [1.29, 1.82) is 0 Å². The van der Waals surface area contributed by atoms with Gasteiger partial charge in [0.2, 0.25) is 5.28 Å². The molecule has 5 nitrogen and oxygen atoms in total. The molecular weight excluding hydrogens is 336 g/mol. The molecule has 0 saturated carbocycles. The number of benzene rings is 1. The fourth-order valence-corrected chi connectivity index (χ4v) is 2.15. The summed E-state index contributed by atoms with van der Waals surface area (Å²) >= 11 is 6.00. The number of amidine groups is 1. The van der Waals surface area contributed by atoms with Gasteiger partial charge in [0.15, 0.2) is 0 Å². The van der Waals surface area contributed by atoms with Gasteiger partial charge >= 0.3 is 0 Å². The summed E-state index contributed by atoms with van der Waals surface area (Å²) in [6, 6.07) is 5.64. The van der Waals surface area contributed by atoms with Crippen LogP contribution >= 0.6 is 11.6 Å². The highest BCUT2D eigenvalue weighted by atomic mass is 35.5. The average Bonchev–Trinajstić information content (AvgIpc) is 2.55. The molecule has 0 aliphatic heterocycles. The summed E-state index contributed by atoms with van der Waals surface area (Å²) in [4.78, 5) is 12.7. The Morgan fingerprint density at radius 1 is 1.32 bits per heavy atom. The van der Waals surface area contributed by atoms with Crippen molar-refractivity contribution in [3.05, 3.63) is 35.6 Å². The number of fused-ring (bicyclic) bond motifs is 1. The molecule has 0 fully saturated rings. The number of ether oxygens (including phenoxy) is 1. The number of nitrogens with zero attached hydrogens (tertiary/aromatic N) is 3. The first kappa shape index (κ1) is 20.9. The van der Waals surface area contributed by atoms with E-state index in [-0.39, 0.29) is 11.4 Å². The minimum absolute atomic E-state index is 0.0952. The topological polar surface area (TPSA) is 59.4 Å².